The highest BCUT2D eigenvalue weighted by Gasteiger charge is 2.30. The smallest absolute Gasteiger partial charge is 0.294 e. The fourth-order valence-corrected chi connectivity index (χ4v) is 4.59. The number of aromatic nitrogens is 3. The first-order valence-corrected chi connectivity index (χ1v) is 14.3. The standard InChI is InChI=1S/C29H30N4O.2C2H6.CH2O2/c1-18-10-12-24(14-20(18)3)28-30-27(31-33(28)26-13-11-19(2)21(4)15-26)29(34)32-17-25-9-7-6-8-23(25)16-22(32)5;2*1-2;2-1-3/h6-15,22H,16-17H2,1-5H3;2*1-2H3;1H,(H,2,3)/t22-;;;/m1.../s1. The van der Waals surface area contributed by atoms with E-state index in [9.17, 15) is 4.79 Å². The fourth-order valence-electron chi connectivity index (χ4n) is 4.59. The van der Waals surface area contributed by atoms with E-state index in [1.165, 1.54) is 33.4 Å². The molecule has 1 aliphatic rings. The van der Waals surface area contributed by atoms with Crippen LogP contribution in [0.25, 0.3) is 17.1 Å². The molecule has 1 atom stereocenters. The molecule has 1 aromatic heterocycles. The van der Waals surface area contributed by atoms with Crippen molar-refractivity contribution in [1.29, 1.82) is 0 Å². The predicted octanol–water partition coefficient (Wildman–Crippen LogP) is 7.51. The van der Waals surface area contributed by atoms with Crippen LogP contribution >= 0.6 is 0 Å². The van der Waals surface area contributed by atoms with Crippen LogP contribution in [0.5, 0.6) is 0 Å². The molecule has 1 amide bonds. The van der Waals surface area contributed by atoms with Gasteiger partial charge in [-0.2, -0.15) is 0 Å². The third kappa shape index (κ3) is 7.69. The number of benzene rings is 3. The molecule has 41 heavy (non-hydrogen) atoms. The summed E-state index contributed by atoms with van der Waals surface area (Å²) in [7, 11) is 0. The summed E-state index contributed by atoms with van der Waals surface area (Å²) in [4.78, 5) is 28.7. The quantitative estimate of drug-likeness (QED) is 0.264. The topological polar surface area (TPSA) is 88.3 Å². The predicted molar refractivity (Wildman–Crippen MR) is 167 cm³/mol. The maximum absolute atomic E-state index is 13.7. The van der Waals surface area contributed by atoms with Crippen LogP contribution in [0.15, 0.2) is 60.7 Å². The summed E-state index contributed by atoms with van der Waals surface area (Å²) in [6.07, 6.45) is 0.837. The fraction of sp³-hybridized carbons (Fsp3) is 0.353. The van der Waals surface area contributed by atoms with Crippen LogP contribution in [0.3, 0.4) is 0 Å². The van der Waals surface area contributed by atoms with Gasteiger partial charge in [0.25, 0.3) is 12.4 Å². The van der Waals surface area contributed by atoms with E-state index in [2.05, 4.69) is 83.1 Å². The van der Waals surface area contributed by atoms with Gasteiger partial charge in [-0.3, -0.25) is 9.59 Å². The van der Waals surface area contributed by atoms with E-state index in [0.29, 0.717) is 12.4 Å². The molecule has 0 unspecified atom stereocenters. The molecule has 218 valence electrons. The number of rotatable bonds is 3. The van der Waals surface area contributed by atoms with Crippen LogP contribution in [0.2, 0.25) is 0 Å². The van der Waals surface area contributed by atoms with Gasteiger partial charge in [-0.25, -0.2) is 9.67 Å². The Labute approximate surface area is 244 Å². The average molecular weight is 557 g/mol. The number of carboxylic acid groups (broad SMARTS) is 1. The van der Waals surface area contributed by atoms with Crippen molar-refractivity contribution < 1.29 is 14.7 Å². The van der Waals surface area contributed by atoms with E-state index in [4.69, 9.17) is 20.0 Å². The van der Waals surface area contributed by atoms with Gasteiger partial charge in [-0.1, -0.05) is 70.2 Å². The van der Waals surface area contributed by atoms with Crippen LogP contribution in [0.4, 0.5) is 0 Å². The Kier molecular flexibility index (Phi) is 12.5. The Morgan fingerprint density at radius 2 is 1.41 bits per heavy atom. The van der Waals surface area contributed by atoms with Crippen molar-refractivity contribution in [3.63, 3.8) is 0 Å². The van der Waals surface area contributed by atoms with Gasteiger partial charge in [-0.05, 0) is 92.6 Å². The highest BCUT2D eigenvalue weighted by molar-refractivity contribution is 5.91. The Hall–Kier alpha value is -4.26. The van der Waals surface area contributed by atoms with Crippen LogP contribution < -0.4 is 0 Å². The van der Waals surface area contributed by atoms with Crippen LogP contribution in [0.1, 0.15) is 78.6 Å². The van der Waals surface area contributed by atoms with Crippen molar-refractivity contribution in [2.24, 2.45) is 0 Å². The Morgan fingerprint density at radius 3 is 2.00 bits per heavy atom. The molecule has 0 saturated carbocycles. The van der Waals surface area contributed by atoms with Gasteiger partial charge in [-0.15, -0.1) is 5.10 Å². The van der Waals surface area contributed by atoms with Crippen molar-refractivity contribution in [3.8, 4) is 17.1 Å². The third-order valence-electron chi connectivity index (χ3n) is 7.07. The first kappa shape index (κ1) is 32.9. The number of hydrogen-bond acceptors (Lipinski definition) is 4. The van der Waals surface area contributed by atoms with E-state index in [-0.39, 0.29) is 24.2 Å². The number of nitrogens with zero attached hydrogens (tertiary/aromatic N) is 4. The van der Waals surface area contributed by atoms with Gasteiger partial charge < -0.3 is 10.0 Å². The molecule has 7 heteroatoms. The van der Waals surface area contributed by atoms with Crippen molar-refractivity contribution in [2.45, 2.75) is 81.3 Å². The van der Waals surface area contributed by atoms with Gasteiger partial charge in [0.05, 0.1) is 5.69 Å². The molecule has 0 saturated heterocycles. The minimum atomic E-state index is -0.250. The average Bonchev–Trinajstić information content (AvgIpc) is 3.43. The van der Waals surface area contributed by atoms with Gasteiger partial charge in [0, 0.05) is 18.2 Å². The van der Waals surface area contributed by atoms with E-state index >= 15 is 0 Å². The number of hydrogen-bond donors (Lipinski definition) is 1. The molecule has 0 radical (unpaired) electrons. The largest absolute Gasteiger partial charge is 0.483 e. The molecule has 3 aromatic carbocycles. The highest BCUT2D eigenvalue weighted by Crippen LogP contribution is 2.27. The molecule has 0 fully saturated rings. The van der Waals surface area contributed by atoms with Crippen molar-refractivity contribution >= 4 is 12.4 Å². The zero-order valence-electron chi connectivity index (χ0n) is 25.9. The molecule has 0 spiro atoms. The molecule has 4 aromatic rings. The van der Waals surface area contributed by atoms with Crippen molar-refractivity contribution in [2.75, 3.05) is 0 Å². The Bertz CT molecular complexity index is 1390. The number of aryl methyl sites for hydroxylation is 4. The maximum atomic E-state index is 13.7. The maximum Gasteiger partial charge on any atom is 0.294 e. The molecule has 2 heterocycles. The number of carbonyl (C=O) groups is 2. The van der Waals surface area contributed by atoms with Crippen molar-refractivity contribution in [3.05, 3.63) is 99.9 Å². The second kappa shape index (κ2) is 15.5. The zero-order chi connectivity index (χ0) is 30.7. The first-order chi connectivity index (χ1) is 19.7. The summed E-state index contributed by atoms with van der Waals surface area (Å²) < 4.78 is 1.81. The monoisotopic (exact) mass is 556 g/mol. The summed E-state index contributed by atoms with van der Waals surface area (Å²) in [5.41, 5.74) is 9.14. The Balaban J connectivity index is 0.000000775. The lowest BCUT2D eigenvalue weighted by atomic mass is 9.95. The second-order valence-electron chi connectivity index (χ2n) is 9.60. The molecule has 7 nitrogen and oxygen atoms in total. The van der Waals surface area contributed by atoms with Crippen LogP contribution in [-0.4, -0.2) is 43.2 Å². The SMILES string of the molecule is CC.CC.Cc1ccc(-c2nc(C(=O)N3Cc4ccccc4C[C@H]3C)nn2-c2ccc(C)c(C)c2)cc1C.O=CO. The summed E-state index contributed by atoms with van der Waals surface area (Å²) >= 11 is 0. The normalized spacial score (nSPS) is 13.3. The van der Waals surface area contributed by atoms with Crippen LogP contribution in [0, 0.1) is 27.7 Å². The lowest BCUT2D eigenvalue weighted by Gasteiger charge is -2.34. The number of fused-ring (bicyclic) bond motifs is 1. The molecular weight excluding hydrogens is 512 g/mol. The Morgan fingerprint density at radius 1 is 0.854 bits per heavy atom. The minimum absolute atomic E-state index is 0.0843. The summed E-state index contributed by atoms with van der Waals surface area (Å²) in [6.45, 7) is 18.8. The van der Waals surface area contributed by atoms with E-state index in [0.717, 1.165) is 17.7 Å². The van der Waals surface area contributed by atoms with Gasteiger partial charge >= 0.3 is 0 Å². The molecule has 1 aliphatic heterocycles. The third-order valence-corrected chi connectivity index (χ3v) is 7.07. The summed E-state index contributed by atoms with van der Waals surface area (Å²) in [6, 6.07) is 20.9. The highest BCUT2D eigenvalue weighted by atomic mass is 16.3. The number of carbonyl (C=O) groups excluding carboxylic acids is 1. The zero-order valence-corrected chi connectivity index (χ0v) is 25.9. The van der Waals surface area contributed by atoms with Gasteiger partial charge in [0.15, 0.2) is 5.82 Å². The van der Waals surface area contributed by atoms with Crippen molar-refractivity contribution in [1.82, 2.24) is 19.7 Å². The molecule has 5 rings (SSSR count). The molecule has 0 bridgehead atoms. The second-order valence-corrected chi connectivity index (χ2v) is 9.60. The van der Waals surface area contributed by atoms with Crippen LogP contribution in [-0.2, 0) is 17.8 Å². The number of amides is 1. The lowest BCUT2D eigenvalue weighted by Crippen LogP contribution is -2.43. The minimum Gasteiger partial charge on any atom is -0.483 e. The molecule has 1 N–H and O–H groups in total. The molecule has 0 aliphatic carbocycles. The van der Waals surface area contributed by atoms with Gasteiger partial charge in [0.2, 0.25) is 5.82 Å². The molecular formula is C34H44N4O3. The van der Waals surface area contributed by atoms with E-state index in [1.54, 1.807) is 0 Å². The van der Waals surface area contributed by atoms with Gasteiger partial charge in [0.1, 0.15) is 0 Å². The van der Waals surface area contributed by atoms with E-state index < -0.39 is 0 Å². The van der Waals surface area contributed by atoms with E-state index in [1.807, 2.05) is 49.4 Å². The first-order valence-electron chi connectivity index (χ1n) is 14.3. The summed E-state index contributed by atoms with van der Waals surface area (Å²) in [5.74, 6) is 0.784. The summed E-state index contributed by atoms with van der Waals surface area (Å²) in [5, 5.41) is 11.6. The lowest BCUT2D eigenvalue weighted by molar-refractivity contribution is -0.122.